The second-order valence-electron chi connectivity index (χ2n) is 6.62. The first kappa shape index (κ1) is 14.9. The average Bonchev–Trinajstić information content (AvgIpc) is 3.30. The summed E-state index contributed by atoms with van der Waals surface area (Å²) in [6.45, 7) is 0. The lowest BCUT2D eigenvalue weighted by atomic mass is 10.00. The van der Waals surface area contributed by atoms with E-state index in [4.69, 9.17) is 0 Å². The van der Waals surface area contributed by atoms with Crippen molar-refractivity contribution in [3.63, 3.8) is 0 Å². The van der Waals surface area contributed by atoms with Gasteiger partial charge in [-0.15, -0.1) is 11.3 Å². The number of benzene rings is 2. The van der Waals surface area contributed by atoms with Crippen LogP contribution in [-0.2, 0) is 0 Å². The van der Waals surface area contributed by atoms with Gasteiger partial charge in [-0.2, -0.15) is 0 Å². The van der Waals surface area contributed by atoms with Crippen molar-refractivity contribution in [2.75, 3.05) is 0 Å². The summed E-state index contributed by atoms with van der Waals surface area (Å²) in [5.74, 6) is 0.609. The van der Waals surface area contributed by atoms with E-state index in [1.807, 2.05) is 47.3 Å². The topological polar surface area (TPSA) is 37.5 Å². The van der Waals surface area contributed by atoms with Crippen LogP contribution in [0.4, 0.5) is 0 Å². The van der Waals surface area contributed by atoms with Gasteiger partial charge in [0.25, 0.3) is 0 Å². The van der Waals surface area contributed by atoms with Gasteiger partial charge in [0.2, 0.25) is 0 Å². The number of hydrogen-bond acceptors (Lipinski definition) is 3. The van der Waals surface area contributed by atoms with Crippen LogP contribution in [0, 0.1) is 0 Å². The van der Waals surface area contributed by atoms with Crippen LogP contribution >= 0.6 is 11.3 Å². The Labute approximate surface area is 150 Å². The van der Waals surface area contributed by atoms with Crippen LogP contribution in [0.5, 0.6) is 0 Å². The molecule has 1 aliphatic rings. The molecule has 3 nitrogen and oxygen atoms in total. The van der Waals surface area contributed by atoms with Gasteiger partial charge in [-0.3, -0.25) is 4.40 Å². The molecule has 1 atom stereocenters. The Hall–Kier alpha value is -2.43. The summed E-state index contributed by atoms with van der Waals surface area (Å²) in [6, 6.07) is 18.5. The van der Waals surface area contributed by atoms with Crippen molar-refractivity contribution in [1.29, 1.82) is 0 Å². The van der Waals surface area contributed by atoms with E-state index in [0.717, 1.165) is 21.7 Å². The lowest BCUT2D eigenvalue weighted by Gasteiger charge is -2.14. The summed E-state index contributed by atoms with van der Waals surface area (Å²) in [7, 11) is 0. The zero-order valence-corrected chi connectivity index (χ0v) is 14.5. The molecular formula is C21H18N2OS. The van der Waals surface area contributed by atoms with Gasteiger partial charge < -0.3 is 5.11 Å². The summed E-state index contributed by atoms with van der Waals surface area (Å²) in [5.41, 5.74) is 4.27. The number of aromatic nitrogens is 2. The quantitative estimate of drug-likeness (QED) is 0.563. The molecular weight excluding hydrogens is 328 g/mol. The second kappa shape index (κ2) is 5.83. The second-order valence-corrected chi connectivity index (χ2v) is 7.68. The highest BCUT2D eigenvalue weighted by Gasteiger charge is 2.32. The number of aliphatic hydroxyl groups excluding tert-OH is 1. The smallest absolute Gasteiger partial charge is 0.120 e. The molecule has 0 saturated heterocycles. The Kier molecular flexibility index (Phi) is 3.47. The molecule has 0 bridgehead atoms. The van der Waals surface area contributed by atoms with Crippen molar-refractivity contribution in [3.05, 3.63) is 83.3 Å². The van der Waals surface area contributed by atoms with Crippen molar-refractivity contribution in [3.8, 4) is 11.1 Å². The van der Waals surface area contributed by atoms with Crippen LogP contribution in [-0.4, -0.2) is 14.5 Å². The van der Waals surface area contributed by atoms with Crippen molar-refractivity contribution in [2.24, 2.45) is 0 Å². The number of hydrogen-bond donors (Lipinski definition) is 1. The van der Waals surface area contributed by atoms with E-state index in [1.165, 1.54) is 23.3 Å². The number of nitrogens with zero attached hydrogens (tertiary/aromatic N) is 2. The molecule has 0 spiro atoms. The minimum absolute atomic E-state index is 0.609. The predicted octanol–water partition coefficient (Wildman–Crippen LogP) is 5.02. The molecule has 1 fully saturated rings. The molecule has 5 rings (SSSR count). The summed E-state index contributed by atoms with van der Waals surface area (Å²) in [6.07, 6.45) is 5.52. The third kappa shape index (κ3) is 2.58. The first-order valence-corrected chi connectivity index (χ1v) is 9.41. The van der Waals surface area contributed by atoms with Gasteiger partial charge >= 0.3 is 0 Å². The molecule has 1 unspecified atom stereocenters. The monoisotopic (exact) mass is 346 g/mol. The van der Waals surface area contributed by atoms with Gasteiger partial charge in [-0.1, -0.05) is 54.6 Å². The Balaban J connectivity index is 1.53. The van der Waals surface area contributed by atoms with E-state index in [-0.39, 0.29) is 0 Å². The molecule has 0 radical (unpaired) electrons. The van der Waals surface area contributed by atoms with Crippen LogP contribution < -0.4 is 0 Å². The Morgan fingerprint density at radius 2 is 1.72 bits per heavy atom. The summed E-state index contributed by atoms with van der Waals surface area (Å²) < 4.78 is 2.05. The molecule has 1 N–H and O–H groups in total. The Morgan fingerprint density at radius 1 is 1.00 bits per heavy atom. The fourth-order valence-corrected chi connectivity index (χ4v) is 4.67. The van der Waals surface area contributed by atoms with Gasteiger partial charge in [0.05, 0.1) is 11.9 Å². The Bertz CT molecular complexity index is 1010. The van der Waals surface area contributed by atoms with E-state index in [2.05, 4.69) is 29.2 Å². The fourth-order valence-electron chi connectivity index (χ4n) is 3.37. The predicted molar refractivity (Wildman–Crippen MR) is 101 cm³/mol. The van der Waals surface area contributed by atoms with E-state index in [0.29, 0.717) is 5.92 Å². The maximum Gasteiger partial charge on any atom is 0.120 e. The van der Waals surface area contributed by atoms with Gasteiger partial charge in [-0.05, 0) is 35.4 Å². The molecule has 1 aliphatic carbocycles. The molecule has 2 heterocycles. The first-order chi connectivity index (χ1) is 12.3. The van der Waals surface area contributed by atoms with Crippen molar-refractivity contribution < 1.29 is 5.11 Å². The van der Waals surface area contributed by atoms with Crippen molar-refractivity contribution >= 4 is 16.2 Å². The minimum atomic E-state index is -0.622. The maximum absolute atomic E-state index is 11.1. The highest BCUT2D eigenvalue weighted by molar-refractivity contribution is 7.17. The fraction of sp³-hybridized carbons (Fsp3) is 0.190. The zero-order chi connectivity index (χ0) is 16.8. The third-order valence-corrected chi connectivity index (χ3v) is 6.15. The van der Waals surface area contributed by atoms with Gasteiger partial charge in [-0.25, -0.2) is 4.98 Å². The van der Waals surface area contributed by atoms with E-state index in [1.54, 1.807) is 11.3 Å². The number of imidazole rings is 1. The molecule has 2 aromatic carbocycles. The minimum Gasteiger partial charge on any atom is -0.382 e. The highest BCUT2D eigenvalue weighted by atomic mass is 32.1. The van der Waals surface area contributed by atoms with Crippen LogP contribution in [0.2, 0.25) is 0 Å². The number of thiazole rings is 1. The number of rotatable bonds is 4. The summed E-state index contributed by atoms with van der Waals surface area (Å²) in [4.78, 5) is 6.66. The van der Waals surface area contributed by atoms with E-state index < -0.39 is 6.10 Å². The Morgan fingerprint density at radius 3 is 2.44 bits per heavy atom. The zero-order valence-electron chi connectivity index (χ0n) is 13.7. The van der Waals surface area contributed by atoms with Crippen LogP contribution in [0.25, 0.3) is 16.0 Å². The molecule has 0 aliphatic heterocycles. The lowest BCUT2D eigenvalue weighted by Crippen LogP contribution is -2.05. The van der Waals surface area contributed by atoms with Crippen LogP contribution in [0.15, 0.2) is 67.1 Å². The van der Waals surface area contributed by atoms with Gasteiger partial charge in [0.1, 0.15) is 17.3 Å². The standard InChI is InChI=1S/C21H18N2OS/c24-20(16-8-6-15(7-9-16)14-4-2-1-3-5-14)19-21(17-10-11-17)25-18-12-22-13-23(18)19/h1-9,12-13,17,20,24H,10-11H2. The molecule has 124 valence electrons. The number of aliphatic hydroxyl groups is 1. The molecule has 2 aromatic heterocycles. The van der Waals surface area contributed by atoms with E-state index in [9.17, 15) is 5.11 Å². The number of fused-ring (bicyclic) bond motifs is 1. The van der Waals surface area contributed by atoms with Gasteiger partial charge in [0, 0.05) is 4.88 Å². The summed E-state index contributed by atoms with van der Waals surface area (Å²) in [5, 5.41) is 11.1. The van der Waals surface area contributed by atoms with Crippen LogP contribution in [0.1, 0.15) is 41.0 Å². The first-order valence-electron chi connectivity index (χ1n) is 8.59. The normalized spacial score (nSPS) is 15.6. The largest absolute Gasteiger partial charge is 0.382 e. The highest BCUT2D eigenvalue weighted by Crippen LogP contribution is 2.47. The molecule has 1 saturated carbocycles. The SMILES string of the molecule is OC(c1ccc(-c2ccccc2)cc1)c1c(C2CC2)sc2cncn12. The molecule has 25 heavy (non-hydrogen) atoms. The average molecular weight is 346 g/mol. The van der Waals surface area contributed by atoms with E-state index >= 15 is 0 Å². The van der Waals surface area contributed by atoms with Crippen molar-refractivity contribution in [2.45, 2.75) is 24.9 Å². The molecule has 4 aromatic rings. The lowest BCUT2D eigenvalue weighted by molar-refractivity contribution is 0.213. The van der Waals surface area contributed by atoms with Crippen LogP contribution in [0.3, 0.4) is 0 Å². The van der Waals surface area contributed by atoms with Crippen molar-refractivity contribution in [1.82, 2.24) is 9.38 Å². The maximum atomic E-state index is 11.1. The third-order valence-electron chi connectivity index (χ3n) is 4.87. The summed E-state index contributed by atoms with van der Waals surface area (Å²) >= 11 is 1.76. The molecule has 4 heteroatoms. The van der Waals surface area contributed by atoms with Gasteiger partial charge in [0.15, 0.2) is 0 Å². The molecule has 0 amide bonds.